The summed E-state index contributed by atoms with van der Waals surface area (Å²) in [5.74, 6) is -0.305. The van der Waals surface area contributed by atoms with Crippen LogP contribution in [-0.2, 0) is 14.0 Å². The van der Waals surface area contributed by atoms with Crippen molar-refractivity contribution in [2.24, 2.45) is 0 Å². The predicted octanol–water partition coefficient (Wildman–Crippen LogP) is 6.36. The van der Waals surface area contributed by atoms with E-state index in [0.717, 1.165) is 25.0 Å². The standard InChI is InChI=1S/C22H38O3Si/c1-10-20(21(23)24-7)16-18(2)14-12-11-13-15-19(3)17-25-26(8,9)22(4,5)6/h10,12,14-16H,11,13,17H2,1-9H3/b14-12+,18-16+,19-15+,20-10+. The van der Waals surface area contributed by atoms with Crippen LogP contribution in [0, 0.1) is 0 Å². The van der Waals surface area contributed by atoms with Crippen LogP contribution in [0.3, 0.4) is 0 Å². The fourth-order valence-electron chi connectivity index (χ4n) is 1.94. The molecule has 148 valence electrons. The van der Waals surface area contributed by atoms with Gasteiger partial charge in [-0.05, 0) is 57.8 Å². The number of rotatable bonds is 9. The number of carbonyl (C=O) groups excluding carboxylic acids is 1. The maximum Gasteiger partial charge on any atom is 0.337 e. The van der Waals surface area contributed by atoms with Crippen LogP contribution < -0.4 is 0 Å². The van der Waals surface area contributed by atoms with E-state index in [1.165, 1.54) is 12.7 Å². The van der Waals surface area contributed by atoms with Gasteiger partial charge in [0.05, 0.1) is 19.3 Å². The molecule has 0 saturated carbocycles. The second-order valence-corrected chi connectivity index (χ2v) is 13.0. The molecule has 0 N–H and O–H groups in total. The molecule has 0 aliphatic heterocycles. The molecule has 0 amide bonds. The Hall–Kier alpha value is -1.39. The van der Waals surface area contributed by atoms with Crippen LogP contribution in [0.2, 0.25) is 18.1 Å². The molecule has 0 spiro atoms. The topological polar surface area (TPSA) is 35.5 Å². The average Bonchev–Trinajstić information content (AvgIpc) is 2.55. The van der Waals surface area contributed by atoms with E-state index in [0.29, 0.717) is 5.57 Å². The quantitative estimate of drug-likeness (QED) is 0.117. The van der Waals surface area contributed by atoms with Gasteiger partial charge in [-0.15, -0.1) is 0 Å². The first kappa shape index (κ1) is 24.6. The van der Waals surface area contributed by atoms with E-state index in [1.54, 1.807) is 6.08 Å². The number of allylic oxidation sites excluding steroid dienone is 5. The van der Waals surface area contributed by atoms with Gasteiger partial charge in [-0.3, -0.25) is 0 Å². The van der Waals surface area contributed by atoms with E-state index < -0.39 is 8.32 Å². The number of unbranched alkanes of at least 4 members (excludes halogenated alkanes) is 1. The molecule has 0 heterocycles. The van der Waals surface area contributed by atoms with Gasteiger partial charge in [0, 0.05) is 0 Å². The molecule has 0 atom stereocenters. The largest absolute Gasteiger partial charge is 0.465 e. The van der Waals surface area contributed by atoms with Gasteiger partial charge in [-0.1, -0.05) is 56.2 Å². The summed E-state index contributed by atoms with van der Waals surface area (Å²) < 4.78 is 11.0. The minimum Gasteiger partial charge on any atom is -0.465 e. The maximum atomic E-state index is 11.5. The summed E-state index contributed by atoms with van der Waals surface area (Å²) in [6, 6.07) is 0. The Morgan fingerprint density at radius 1 is 1.12 bits per heavy atom. The summed E-state index contributed by atoms with van der Waals surface area (Å²) >= 11 is 0. The average molecular weight is 379 g/mol. The molecule has 0 aromatic rings. The van der Waals surface area contributed by atoms with Crippen LogP contribution in [0.5, 0.6) is 0 Å². The molecule has 0 aliphatic carbocycles. The van der Waals surface area contributed by atoms with Crippen LogP contribution in [0.15, 0.2) is 47.1 Å². The summed E-state index contributed by atoms with van der Waals surface area (Å²) in [6.45, 7) is 18.0. The Morgan fingerprint density at radius 2 is 1.73 bits per heavy atom. The molecule has 0 saturated heterocycles. The first-order valence-electron chi connectivity index (χ1n) is 9.33. The second kappa shape index (κ2) is 11.3. The third-order valence-electron chi connectivity index (χ3n) is 4.79. The molecule has 0 aromatic carbocycles. The highest BCUT2D eigenvalue weighted by atomic mass is 28.4. The molecular weight excluding hydrogens is 340 g/mol. The van der Waals surface area contributed by atoms with Gasteiger partial charge in [-0.25, -0.2) is 4.79 Å². The van der Waals surface area contributed by atoms with Gasteiger partial charge in [0.25, 0.3) is 0 Å². The summed E-state index contributed by atoms with van der Waals surface area (Å²) in [6.07, 6.45) is 12.0. The van der Waals surface area contributed by atoms with Crippen molar-refractivity contribution in [2.75, 3.05) is 13.7 Å². The Bertz CT molecular complexity index is 573. The van der Waals surface area contributed by atoms with E-state index in [1.807, 2.05) is 26.0 Å². The lowest BCUT2D eigenvalue weighted by atomic mass is 10.1. The van der Waals surface area contributed by atoms with E-state index in [9.17, 15) is 4.79 Å². The van der Waals surface area contributed by atoms with Gasteiger partial charge < -0.3 is 9.16 Å². The highest BCUT2D eigenvalue weighted by molar-refractivity contribution is 6.74. The van der Waals surface area contributed by atoms with Crippen molar-refractivity contribution in [1.29, 1.82) is 0 Å². The van der Waals surface area contributed by atoms with Gasteiger partial charge in [0.2, 0.25) is 0 Å². The van der Waals surface area contributed by atoms with Crippen molar-refractivity contribution in [2.45, 2.75) is 72.5 Å². The summed E-state index contributed by atoms with van der Waals surface area (Å²) in [5, 5.41) is 0.246. The molecular formula is C22H38O3Si. The Labute approximate surface area is 162 Å². The lowest BCUT2D eigenvalue weighted by Crippen LogP contribution is -2.41. The van der Waals surface area contributed by atoms with Gasteiger partial charge in [-0.2, -0.15) is 0 Å². The fraction of sp³-hybridized carbons (Fsp3) is 0.591. The molecule has 26 heavy (non-hydrogen) atoms. The van der Waals surface area contributed by atoms with Crippen molar-refractivity contribution < 1.29 is 14.0 Å². The van der Waals surface area contributed by atoms with E-state index >= 15 is 0 Å². The van der Waals surface area contributed by atoms with Crippen molar-refractivity contribution in [3.63, 3.8) is 0 Å². The van der Waals surface area contributed by atoms with Crippen molar-refractivity contribution >= 4 is 14.3 Å². The molecule has 0 unspecified atom stereocenters. The summed E-state index contributed by atoms with van der Waals surface area (Å²) in [5.41, 5.74) is 2.90. The molecule has 0 aliphatic rings. The van der Waals surface area contributed by atoms with Gasteiger partial charge in [0.15, 0.2) is 8.32 Å². The zero-order chi connectivity index (χ0) is 20.4. The zero-order valence-corrected chi connectivity index (χ0v) is 19.2. The Morgan fingerprint density at radius 3 is 2.23 bits per heavy atom. The van der Waals surface area contributed by atoms with E-state index in [-0.39, 0.29) is 11.0 Å². The lowest BCUT2D eigenvalue weighted by molar-refractivity contribution is -0.135. The van der Waals surface area contributed by atoms with Gasteiger partial charge >= 0.3 is 5.97 Å². The molecule has 4 heteroatoms. The third kappa shape index (κ3) is 9.34. The minimum absolute atomic E-state index is 0.246. The minimum atomic E-state index is -1.67. The Balaban J connectivity index is 4.45. The molecule has 0 radical (unpaired) electrons. The van der Waals surface area contributed by atoms with Gasteiger partial charge in [0.1, 0.15) is 0 Å². The molecule has 0 bridgehead atoms. The predicted molar refractivity (Wildman–Crippen MR) is 115 cm³/mol. The van der Waals surface area contributed by atoms with Crippen molar-refractivity contribution in [1.82, 2.24) is 0 Å². The lowest BCUT2D eigenvalue weighted by Gasteiger charge is -2.36. The highest BCUT2D eigenvalue weighted by Crippen LogP contribution is 2.36. The summed E-state index contributed by atoms with van der Waals surface area (Å²) in [7, 11) is -0.277. The zero-order valence-electron chi connectivity index (χ0n) is 18.2. The summed E-state index contributed by atoms with van der Waals surface area (Å²) in [4.78, 5) is 11.5. The van der Waals surface area contributed by atoms with Crippen LogP contribution in [0.1, 0.15) is 54.4 Å². The van der Waals surface area contributed by atoms with E-state index in [4.69, 9.17) is 9.16 Å². The van der Waals surface area contributed by atoms with Crippen LogP contribution in [0.25, 0.3) is 0 Å². The number of esters is 1. The molecule has 0 rings (SSSR count). The van der Waals surface area contributed by atoms with Crippen molar-refractivity contribution in [3.05, 3.63) is 47.1 Å². The second-order valence-electron chi connectivity index (χ2n) is 8.20. The SMILES string of the molecule is C\C=C(/C=C(C)/C=C/CC/C=C(\C)CO[Si](C)(C)C(C)(C)C)C(=O)OC. The van der Waals surface area contributed by atoms with Crippen LogP contribution in [0.4, 0.5) is 0 Å². The molecule has 0 fully saturated rings. The normalized spacial score (nSPS) is 14.9. The maximum absolute atomic E-state index is 11.5. The van der Waals surface area contributed by atoms with Crippen LogP contribution >= 0.6 is 0 Å². The number of hydrogen-bond acceptors (Lipinski definition) is 3. The number of carbonyl (C=O) groups is 1. The first-order valence-corrected chi connectivity index (χ1v) is 12.2. The smallest absolute Gasteiger partial charge is 0.337 e. The van der Waals surface area contributed by atoms with Crippen molar-refractivity contribution in [3.8, 4) is 0 Å². The third-order valence-corrected chi connectivity index (χ3v) is 9.27. The Kier molecular flexibility index (Phi) is 10.7. The molecule has 3 nitrogen and oxygen atoms in total. The number of ether oxygens (including phenoxy) is 1. The van der Waals surface area contributed by atoms with Crippen LogP contribution in [-0.4, -0.2) is 28.0 Å². The fourth-order valence-corrected chi connectivity index (χ4v) is 2.96. The molecule has 0 aromatic heterocycles. The van der Waals surface area contributed by atoms with E-state index in [2.05, 4.69) is 52.9 Å². The number of methoxy groups -OCH3 is 1. The first-order chi connectivity index (χ1) is 11.9. The monoisotopic (exact) mass is 378 g/mol. The highest BCUT2D eigenvalue weighted by Gasteiger charge is 2.36. The number of hydrogen-bond donors (Lipinski definition) is 0.